The van der Waals surface area contributed by atoms with Crippen molar-refractivity contribution in [2.24, 2.45) is 0 Å². The molecule has 178 valence electrons. The summed E-state index contributed by atoms with van der Waals surface area (Å²) >= 11 is 0. The number of hydrogen-bond donors (Lipinski definition) is 2. The monoisotopic (exact) mass is 452 g/mol. The molecule has 0 bridgehead atoms. The van der Waals surface area contributed by atoms with E-state index in [-0.39, 0.29) is 17.5 Å². The van der Waals surface area contributed by atoms with E-state index in [9.17, 15) is 4.79 Å². The van der Waals surface area contributed by atoms with Crippen LogP contribution in [-0.4, -0.2) is 64.9 Å². The number of methoxy groups -OCH3 is 2. The average molecular weight is 453 g/mol. The molecule has 3 unspecified atom stereocenters. The van der Waals surface area contributed by atoms with Crippen LogP contribution in [0.3, 0.4) is 0 Å². The SMILES string of the molecule is COc1ccc(C23CCC(NC(=O)Nc4ccc(N(C)C)cc4)CC2N(C)CC3)cc1OC. The van der Waals surface area contributed by atoms with E-state index in [0.29, 0.717) is 6.04 Å². The quantitative estimate of drug-likeness (QED) is 0.691. The van der Waals surface area contributed by atoms with E-state index in [1.54, 1.807) is 14.2 Å². The fourth-order valence-electron chi connectivity index (χ4n) is 5.59. The van der Waals surface area contributed by atoms with Crippen LogP contribution >= 0.6 is 0 Å². The zero-order valence-corrected chi connectivity index (χ0v) is 20.4. The van der Waals surface area contributed by atoms with Crippen LogP contribution in [0.15, 0.2) is 42.5 Å². The summed E-state index contributed by atoms with van der Waals surface area (Å²) in [4.78, 5) is 17.2. The standard InChI is InChI=1S/C26H36N4O3/c1-29(2)21-9-7-19(8-10-21)27-25(31)28-20-12-13-26(14-15-30(3)24(26)17-20)18-6-11-22(32-4)23(16-18)33-5/h6-11,16,20,24H,12-15,17H2,1-5H3,(H2,27,28,31). The lowest BCUT2D eigenvalue weighted by atomic mass is 9.65. The largest absolute Gasteiger partial charge is 0.493 e. The molecule has 1 aliphatic carbocycles. The van der Waals surface area contributed by atoms with Crippen LogP contribution in [0.25, 0.3) is 0 Å². The first-order chi connectivity index (χ1) is 15.9. The first-order valence-electron chi connectivity index (χ1n) is 11.6. The fraction of sp³-hybridized carbons (Fsp3) is 0.500. The number of ether oxygens (including phenoxy) is 2. The Hall–Kier alpha value is -2.93. The summed E-state index contributed by atoms with van der Waals surface area (Å²) in [7, 11) is 9.55. The summed E-state index contributed by atoms with van der Waals surface area (Å²) in [5.41, 5.74) is 3.28. The molecule has 2 aromatic carbocycles. The van der Waals surface area contributed by atoms with E-state index in [0.717, 1.165) is 55.1 Å². The van der Waals surface area contributed by atoms with Gasteiger partial charge in [-0.15, -0.1) is 0 Å². The van der Waals surface area contributed by atoms with Gasteiger partial charge in [0.05, 0.1) is 14.2 Å². The number of urea groups is 1. The summed E-state index contributed by atoms with van der Waals surface area (Å²) in [6.45, 7) is 1.05. The molecule has 2 aromatic rings. The van der Waals surface area contributed by atoms with Gasteiger partial charge in [0.25, 0.3) is 0 Å². The molecule has 33 heavy (non-hydrogen) atoms. The molecule has 1 saturated heterocycles. The Morgan fingerprint density at radius 1 is 1.06 bits per heavy atom. The summed E-state index contributed by atoms with van der Waals surface area (Å²) in [5, 5.41) is 6.20. The molecular formula is C26H36N4O3. The second-order valence-corrected chi connectivity index (χ2v) is 9.48. The Bertz CT molecular complexity index is 978. The molecule has 0 spiro atoms. The second-order valence-electron chi connectivity index (χ2n) is 9.48. The third kappa shape index (κ3) is 4.60. The summed E-state index contributed by atoms with van der Waals surface area (Å²) in [5.74, 6) is 1.53. The molecule has 1 saturated carbocycles. The topological polar surface area (TPSA) is 66.1 Å². The minimum Gasteiger partial charge on any atom is -0.493 e. The van der Waals surface area contributed by atoms with Crippen LogP contribution in [0, 0.1) is 0 Å². The predicted molar refractivity (Wildman–Crippen MR) is 133 cm³/mol. The maximum atomic E-state index is 12.7. The number of nitrogens with zero attached hydrogens (tertiary/aromatic N) is 2. The average Bonchev–Trinajstić information content (AvgIpc) is 3.16. The van der Waals surface area contributed by atoms with E-state index >= 15 is 0 Å². The number of rotatable bonds is 6. The molecule has 1 heterocycles. The minimum absolute atomic E-state index is 0.0744. The Morgan fingerprint density at radius 2 is 1.79 bits per heavy atom. The van der Waals surface area contributed by atoms with Crippen molar-refractivity contribution in [3.63, 3.8) is 0 Å². The van der Waals surface area contributed by atoms with E-state index in [2.05, 4.69) is 34.7 Å². The molecule has 4 rings (SSSR count). The van der Waals surface area contributed by atoms with Gasteiger partial charge >= 0.3 is 6.03 Å². The maximum absolute atomic E-state index is 12.7. The van der Waals surface area contributed by atoms with Gasteiger partial charge in [0.2, 0.25) is 0 Å². The number of likely N-dealkylation sites (tertiary alicyclic amines) is 1. The van der Waals surface area contributed by atoms with Gasteiger partial charge < -0.3 is 29.9 Å². The summed E-state index contributed by atoms with van der Waals surface area (Å²) < 4.78 is 11.0. The normalized spacial score (nSPS) is 24.6. The molecule has 2 aliphatic rings. The van der Waals surface area contributed by atoms with Crippen LogP contribution < -0.4 is 25.0 Å². The molecule has 0 radical (unpaired) electrons. The number of amides is 2. The van der Waals surface area contributed by atoms with Gasteiger partial charge in [-0.05, 0) is 81.2 Å². The highest BCUT2D eigenvalue weighted by molar-refractivity contribution is 5.89. The molecule has 7 heteroatoms. The molecular weight excluding hydrogens is 416 g/mol. The van der Waals surface area contributed by atoms with Crippen molar-refractivity contribution in [3.05, 3.63) is 48.0 Å². The Kier molecular flexibility index (Phi) is 6.70. The highest BCUT2D eigenvalue weighted by atomic mass is 16.5. The van der Waals surface area contributed by atoms with Crippen molar-refractivity contribution in [1.82, 2.24) is 10.2 Å². The zero-order chi connectivity index (χ0) is 23.6. The van der Waals surface area contributed by atoms with Crippen LogP contribution in [0.5, 0.6) is 11.5 Å². The van der Waals surface area contributed by atoms with Crippen molar-refractivity contribution >= 4 is 17.4 Å². The smallest absolute Gasteiger partial charge is 0.319 e. The number of likely N-dealkylation sites (N-methyl/N-ethyl adjacent to an activating group) is 1. The first kappa shape index (κ1) is 23.2. The molecule has 2 fully saturated rings. The predicted octanol–water partition coefficient (Wildman–Crippen LogP) is 4.09. The maximum Gasteiger partial charge on any atom is 0.319 e. The molecule has 1 aliphatic heterocycles. The summed E-state index contributed by atoms with van der Waals surface area (Å²) in [6, 6.07) is 14.6. The first-order valence-corrected chi connectivity index (χ1v) is 11.6. The lowest BCUT2D eigenvalue weighted by molar-refractivity contribution is 0.156. The highest BCUT2D eigenvalue weighted by Crippen LogP contribution is 2.49. The second kappa shape index (κ2) is 9.51. The molecule has 2 amide bonds. The number of nitrogens with one attached hydrogen (secondary N) is 2. The van der Waals surface area contributed by atoms with Crippen LogP contribution in [0.1, 0.15) is 31.2 Å². The lowest BCUT2D eigenvalue weighted by Gasteiger charge is -2.45. The van der Waals surface area contributed by atoms with Crippen molar-refractivity contribution in [2.75, 3.05) is 52.1 Å². The molecule has 7 nitrogen and oxygen atoms in total. The van der Waals surface area contributed by atoms with Gasteiger partial charge in [-0.1, -0.05) is 6.07 Å². The van der Waals surface area contributed by atoms with Gasteiger partial charge in [0.15, 0.2) is 11.5 Å². The third-order valence-corrected chi connectivity index (χ3v) is 7.46. The Morgan fingerprint density at radius 3 is 2.45 bits per heavy atom. The highest BCUT2D eigenvalue weighted by Gasteiger charge is 2.50. The third-order valence-electron chi connectivity index (χ3n) is 7.46. The molecule has 0 aromatic heterocycles. The number of carbonyl (C=O) groups is 1. The van der Waals surface area contributed by atoms with Gasteiger partial charge in [-0.25, -0.2) is 4.79 Å². The lowest BCUT2D eigenvalue weighted by Crippen LogP contribution is -2.52. The molecule has 2 N–H and O–H groups in total. The van der Waals surface area contributed by atoms with E-state index in [1.807, 2.05) is 49.3 Å². The van der Waals surface area contributed by atoms with Gasteiger partial charge in [0.1, 0.15) is 0 Å². The number of carbonyl (C=O) groups excluding carboxylic acids is 1. The number of anilines is 2. The van der Waals surface area contributed by atoms with E-state index < -0.39 is 0 Å². The van der Waals surface area contributed by atoms with Gasteiger partial charge in [-0.3, -0.25) is 0 Å². The van der Waals surface area contributed by atoms with E-state index in [1.165, 1.54) is 5.56 Å². The van der Waals surface area contributed by atoms with Gasteiger partial charge in [0, 0.05) is 43.0 Å². The Labute approximate surface area is 197 Å². The van der Waals surface area contributed by atoms with Gasteiger partial charge in [-0.2, -0.15) is 0 Å². The Balaban J connectivity index is 1.44. The van der Waals surface area contributed by atoms with Crippen LogP contribution in [-0.2, 0) is 5.41 Å². The fourth-order valence-corrected chi connectivity index (χ4v) is 5.59. The molecule has 3 atom stereocenters. The van der Waals surface area contributed by atoms with Crippen molar-refractivity contribution in [2.45, 2.75) is 43.2 Å². The van der Waals surface area contributed by atoms with Crippen LogP contribution in [0.2, 0.25) is 0 Å². The van der Waals surface area contributed by atoms with Crippen molar-refractivity contribution < 1.29 is 14.3 Å². The number of fused-ring (bicyclic) bond motifs is 1. The van der Waals surface area contributed by atoms with E-state index in [4.69, 9.17) is 9.47 Å². The summed E-state index contributed by atoms with van der Waals surface area (Å²) in [6.07, 6.45) is 4.02. The number of hydrogen-bond acceptors (Lipinski definition) is 5. The number of benzene rings is 2. The van der Waals surface area contributed by atoms with Crippen molar-refractivity contribution in [3.8, 4) is 11.5 Å². The zero-order valence-electron chi connectivity index (χ0n) is 20.4. The minimum atomic E-state index is -0.142. The van der Waals surface area contributed by atoms with Crippen molar-refractivity contribution in [1.29, 1.82) is 0 Å². The van der Waals surface area contributed by atoms with Crippen LogP contribution in [0.4, 0.5) is 16.2 Å².